The summed E-state index contributed by atoms with van der Waals surface area (Å²) in [5.74, 6) is -5.89. The van der Waals surface area contributed by atoms with Crippen molar-refractivity contribution in [1.29, 1.82) is 5.41 Å². The molecule has 1 aliphatic heterocycles. The van der Waals surface area contributed by atoms with Gasteiger partial charge in [-0.2, -0.15) is 0 Å². The first-order valence-corrected chi connectivity index (χ1v) is 8.94. The predicted octanol–water partition coefficient (Wildman–Crippen LogP) is 3.58. The second kappa shape index (κ2) is 6.26. The molecule has 1 saturated heterocycles. The number of hydrogen-bond acceptors (Lipinski definition) is 4. The van der Waals surface area contributed by atoms with Gasteiger partial charge in [-0.3, -0.25) is 15.1 Å². The van der Waals surface area contributed by atoms with E-state index in [1.807, 2.05) is 0 Å². The highest BCUT2D eigenvalue weighted by Crippen LogP contribution is 2.44. The Kier molecular flexibility index (Phi) is 4.46. The van der Waals surface area contributed by atoms with Gasteiger partial charge in [0.05, 0.1) is 22.0 Å². The summed E-state index contributed by atoms with van der Waals surface area (Å²) in [6.07, 6.45) is 0. The molecular formula is C18H19F3N4OS. The van der Waals surface area contributed by atoms with Gasteiger partial charge in [-0.25, -0.2) is 13.2 Å². The van der Waals surface area contributed by atoms with Gasteiger partial charge in [-0.1, -0.05) is 6.07 Å². The molecule has 0 aliphatic carbocycles. The average molecular weight is 396 g/mol. The molecule has 1 fully saturated rings. The third-order valence-corrected chi connectivity index (χ3v) is 5.96. The summed E-state index contributed by atoms with van der Waals surface area (Å²) < 4.78 is 41.4. The number of nitrogens with zero attached hydrogens (tertiary/aromatic N) is 1. The van der Waals surface area contributed by atoms with Crippen molar-refractivity contribution in [2.24, 2.45) is 0 Å². The van der Waals surface area contributed by atoms with Crippen LogP contribution in [0.2, 0.25) is 0 Å². The fraction of sp³-hybridized carbons (Fsp3) is 0.333. The van der Waals surface area contributed by atoms with Crippen molar-refractivity contribution >= 4 is 28.2 Å². The van der Waals surface area contributed by atoms with Crippen LogP contribution in [0.5, 0.6) is 0 Å². The van der Waals surface area contributed by atoms with E-state index in [9.17, 15) is 18.0 Å². The van der Waals surface area contributed by atoms with Crippen molar-refractivity contribution in [3.05, 3.63) is 52.2 Å². The van der Waals surface area contributed by atoms with Crippen LogP contribution >= 0.6 is 11.3 Å². The van der Waals surface area contributed by atoms with E-state index < -0.39 is 34.7 Å². The Morgan fingerprint density at radius 1 is 1.33 bits per heavy atom. The van der Waals surface area contributed by atoms with E-state index in [-0.39, 0.29) is 11.5 Å². The molecule has 1 aliphatic rings. The van der Waals surface area contributed by atoms with Gasteiger partial charge < -0.3 is 11.1 Å². The number of anilines is 1. The number of nitrogens with one attached hydrogen (secondary N) is 2. The number of rotatable bonds is 3. The molecule has 0 bridgehead atoms. The molecule has 2 heterocycles. The standard InChI is InChI=1S/C18H19F3N4OS/c1-17(12-6-7-13(22)27-12)14(15(26)25(3)16(23)24-17)9-4-5-10(11(19)8-9)18(2,20)21/h4-8,14H,22H2,1-3H3,(H2,23,24)/t14-,17+/m0/s1. The molecule has 5 nitrogen and oxygen atoms in total. The van der Waals surface area contributed by atoms with Crippen LogP contribution in [0.3, 0.4) is 0 Å². The van der Waals surface area contributed by atoms with Gasteiger partial charge in [0.15, 0.2) is 5.96 Å². The number of nitrogens with two attached hydrogens (primary N) is 1. The second-order valence-corrected chi connectivity index (χ2v) is 7.95. The third kappa shape index (κ3) is 3.16. The number of halogens is 3. The van der Waals surface area contributed by atoms with Gasteiger partial charge in [0.25, 0.3) is 5.92 Å². The zero-order valence-corrected chi connectivity index (χ0v) is 15.8. The first-order chi connectivity index (χ1) is 12.4. The molecule has 3 rings (SSSR count). The molecule has 0 unspecified atom stereocenters. The molecule has 0 radical (unpaired) electrons. The third-order valence-electron chi connectivity index (χ3n) is 4.81. The smallest absolute Gasteiger partial charge is 0.273 e. The Bertz CT molecular complexity index is 924. The van der Waals surface area contributed by atoms with E-state index in [1.54, 1.807) is 19.1 Å². The molecule has 9 heteroatoms. The van der Waals surface area contributed by atoms with Crippen molar-refractivity contribution in [2.75, 3.05) is 12.8 Å². The van der Waals surface area contributed by atoms with E-state index in [0.717, 1.165) is 17.0 Å². The Labute approximate surface area is 158 Å². The molecule has 27 heavy (non-hydrogen) atoms. The second-order valence-electron chi connectivity index (χ2n) is 6.84. The van der Waals surface area contributed by atoms with E-state index in [2.05, 4.69) is 5.32 Å². The van der Waals surface area contributed by atoms with Gasteiger partial charge in [-0.15, -0.1) is 11.3 Å². The number of alkyl halides is 2. The SMILES string of the molecule is CN1C(=N)N[C@](C)(c2ccc(N)s2)[C@@H](c2ccc(C(C)(F)F)c(F)c2)C1=O. The van der Waals surface area contributed by atoms with Crippen LogP contribution in [-0.2, 0) is 16.3 Å². The van der Waals surface area contributed by atoms with Gasteiger partial charge in [0.2, 0.25) is 5.91 Å². The first kappa shape index (κ1) is 19.2. The number of likely N-dealkylation sites (N-methyl/N-ethyl adjacent to an activating group) is 1. The summed E-state index contributed by atoms with van der Waals surface area (Å²) in [6, 6.07) is 6.71. The molecule has 0 saturated carbocycles. The zero-order chi connectivity index (χ0) is 20.1. The lowest BCUT2D eigenvalue weighted by molar-refractivity contribution is -0.131. The molecular weight excluding hydrogens is 377 g/mol. The van der Waals surface area contributed by atoms with Gasteiger partial charge in [-0.05, 0) is 36.8 Å². The Balaban J connectivity index is 2.16. The number of guanidine groups is 1. The Morgan fingerprint density at radius 2 is 2.00 bits per heavy atom. The number of carbonyl (C=O) groups excluding carboxylic acids is 1. The van der Waals surface area contributed by atoms with E-state index in [4.69, 9.17) is 11.1 Å². The summed E-state index contributed by atoms with van der Waals surface area (Å²) in [7, 11) is 1.43. The maximum atomic E-state index is 14.4. The largest absolute Gasteiger partial charge is 0.391 e. The molecule has 2 atom stereocenters. The Morgan fingerprint density at radius 3 is 2.52 bits per heavy atom. The van der Waals surface area contributed by atoms with Crippen LogP contribution < -0.4 is 11.1 Å². The van der Waals surface area contributed by atoms with E-state index in [1.165, 1.54) is 24.5 Å². The lowest BCUT2D eigenvalue weighted by atomic mass is 9.76. The minimum atomic E-state index is -3.33. The maximum Gasteiger partial charge on any atom is 0.273 e. The van der Waals surface area contributed by atoms with Crippen molar-refractivity contribution < 1.29 is 18.0 Å². The van der Waals surface area contributed by atoms with Crippen LogP contribution in [0, 0.1) is 11.2 Å². The minimum Gasteiger partial charge on any atom is -0.391 e. The summed E-state index contributed by atoms with van der Waals surface area (Å²) in [6.45, 7) is 2.33. The normalized spacial score (nSPS) is 23.5. The van der Waals surface area contributed by atoms with Crippen LogP contribution in [-0.4, -0.2) is 23.8 Å². The van der Waals surface area contributed by atoms with Gasteiger partial charge >= 0.3 is 0 Å². The highest BCUT2D eigenvalue weighted by atomic mass is 32.1. The molecule has 0 spiro atoms. The van der Waals surface area contributed by atoms with Crippen molar-refractivity contribution in [1.82, 2.24) is 10.2 Å². The highest BCUT2D eigenvalue weighted by molar-refractivity contribution is 7.16. The zero-order valence-electron chi connectivity index (χ0n) is 14.9. The summed E-state index contributed by atoms with van der Waals surface area (Å²) in [5, 5.41) is 11.6. The monoisotopic (exact) mass is 396 g/mol. The number of thiophene rings is 1. The fourth-order valence-electron chi connectivity index (χ4n) is 3.33. The summed E-state index contributed by atoms with van der Waals surface area (Å²) in [5.41, 5.74) is 4.25. The summed E-state index contributed by atoms with van der Waals surface area (Å²) >= 11 is 1.24. The molecule has 1 amide bonds. The minimum absolute atomic E-state index is 0.108. The number of amides is 1. The number of nitrogen functional groups attached to an aromatic ring is 1. The average Bonchev–Trinajstić information content (AvgIpc) is 2.99. The van der Waals surface area contributed by atoms with Crippen molar-refractivity contribution in [3.8, 4) is 0 Å². The molecule has 4 N–H and O–H groups in total. The van der Waals surface area contributed by atoms with Crippen molar-refractivity contribution in [2.45, 2.75) is 31.2 Å². The number of carbonyl (C=O) groups is 1. The van der Waals surface area contributed by atoms with Gasteiger partial charge in [0, 0.05) is 18.8 Å². The van der Waals surface area contributed by atoms with Crippen LogP contribution in [0.4, 0.5) is 18.2 Å². The van der Waals surface area contributed by atoms with Crippen LogP contribution in [0.15, 0.2) is 30.3 Å². The van der Waals surface area contributed by atoms with E-state index in [0.29, 0.717) is 16.8 Å². The number of hydrogen-bond donors (Lipinski definition) is 3. The quantitative estimate of drug-likeness (QED) is 0.742. The molecule has 1 aromatic heterocycles. The highest BCUT2D eigenvalue weighted by Gasteiger charge is 2.49. The van der Waals surface area contributed by atoms with E-state index >= 15 is 0 Å². The summed E-state index contributed by atoms with van der Waals surface area (Å²) in [4.78, 5) is 14.8. The van der Waals surface area contributed by atoms with Crippen LogP contribution in [0.25, 0.3) is 0 Å². The Hall–Kier alpha value is -2.55. The molecule has 144 valence electrons. The predicted molar refractivity (Wildman–Crippen MR) is 98.4 cm³/mol. The molecule has 2 aromatic rings. The first-order valence-electron chi connectivity index (χ1n) is 8.13. The lowest BCUT2D eigenvalue weighted by Crippen LogP contribution is -2.62. The lowest BCUT2D eigenvalue weighted by Gasteiger charge is -2.45. The van der Waals surface area contributed by atoms with Gasteiger partial charge in [0.1, 0.15) is 5.82 Å². The number of benzene rings is 1. The maximum absolute atomic E-state index is 14.4. The fourth-order valence-corrected chi connectivity index (χ4v) is 4.24. The molecule has 1 aromatic carbocycles. The van der Waals surface area contributed by atoms with Crippen LogP contribution in [0.1, 0.15) is 35.8 Å². The van der Waals surface area contributed by atoms with Crippen molar-refractivity contribution in [3.63, 3.8) is 0 Å². The topological polar surface area (TPSA) is 82.2 Å².